The van der Waals surface area contributed by atoms with E-state index in [4.69, 9.17) is 9.47 Å². The zero-order chi connectivity index (χ0) is 52.2. The summed E-state index contributed by atoms with van der Waals surface area (Å²) in [4.78, 5) is 13.0. The molecule has 0 aliphatic carbocycles. The van der Waals surface area contributed by atoms with Gasteiger partial charge in [-0.2, -0.15) is 0 Å². The lowest BCUT2D eigenvalue weighted by atomic mass is 9.99. The Hall–Kier alpha value is -2.89. The van der Waals surface area contributed by atoms with Crippen LogP contribution in [0.5, 0.6) is 0 Å². The minimum Gasteiger partial charge on any atom is -0.394 e. The number of nitrogens with one attached hydrogen (secondary N) is 1. The summed E-state index contributed by atoms with van der Waals surface area (Å²) in [7, 11) is 0. The molecule has 1 fully saturated rings. The SMILES string of the molecule is CC/C=C\C/C=C\C/C=C\C/C=C\C/C=C\C/C=C\C/C=C\CCCCCCCCCCCCCCCCCCCCCC(=O)NC(COC1OC(CO)C(O)C(O)C1O)C(O)/C=C/CCCCCCCC. The summed E-state index contributed by atoms with van der Waals surface area (Å²) >= 11 is 0. The fourth-order valence-corrected chi connectivity index (χ4v) is 8.78. The van der Waals surface area contributed by atoms with Crippen molar-refractivity contribution in [1.29, 1.82) is 0 Å². The van der Waals surface area contributed by atoms with Gasteiger partial charge in [-0.15, -0.1) is 0 Å². The van der Waals surface area contributed by atoms with E-state index in [1.165, 1.54) is 135 Å². The normalized spacial score (nSPS) is 19.9. The molecule has 9 heteroatoms. The van der Waals surface area contributed by atoms with Crippen LogP contribution in [0.4, 0.5) is 0 Å². The summed E-state index contributed by atoms with van der Waals surface area (Å²) in [5.41, 5.74) is 0. The van der Waals surface area contributed by atoms with Crippen LogP contribution < -0.4 is 5.32 Å². The zero-order valence-electron chi connectivity index (χ0n) is 45.9. The Morgan fingerprint density at radius 3 is 1.28 bits per heavy atom. The standard InChI is InChI=1S/C63H109NO8/c1-3-5-7-9-11-13-14-15-16-17-18-19-20-21-22-23-24-25-26-27-28-29-30-31-32-33-34-35-36-37-38-39-40-41-42-43-44-45-47-49-51-53-59(67)64-56(57(66)52-50-48-46-12-10-8-6-4-2)55-71-63-62(70)61(69)60(68)58(54-65)72-63/h5,7,11,13,15-16,18-19,21-22,24-25,27-28,50,52,56-58,60-63,65-66,68-70H,3-4,6,8-10,12,14,17,20,23,26,29-49,51,53-55H2,1-2H3,(H,64,67)/b7-5-,13-11-,16-15-,19-18-,22-21-,25-24-,28-27-,52-50+. The molecule has 0 aromatic heterocycles. The largest absolute Gasteiger partial charge is 0.394 e. The summed E-state index contributed by atoms with van der Waals surface area (Å²) in [5, 5.41) is 54.1. The van der Waals surface area contributed by atoms with Gasteiger partial charge >= 0.3 is 0 Å². The lowest BCUT2D eigenvalue weighted by Gasteiger charge is -2.40. The topological polar surface area (TPSA) is 149 Å². The van der Waals surface area contributed by atoms with Gasteiger partial charge in [0.25, 0.3) is 0 Å². The van der Waals surface area contributed by atoms with Crippen molar-refractivity contribution in [3.05, 3.63) is 97.2 Å². The van der Waals surface area contributed by atoms with Crippen LogP contribution in [0.25, 0.3) is 0 Å². The van der Waals surface area contributed by atoms with Crippen molar-refractivity contribution in [2.45, 2.75) is 281 Å². The summed E-state index contributed by atoms with van der Waals surface area (Å²) in [5.74, 6) is -0.181. The van der Waals surface area contributed by atoms with E-state index in [2.05, 4.69) is 104 Å². The van der Waals surface area contributed by atoms with Gasteiger partial charge in [-0.3, -0.25) is 4.79 Å². The molecule has 0 aromatic rings. The summed E-state index contributed by atoms with van der Waals surface area (Å²) in [6, 6.07) is -0.804. The van der Waals surface area contributed by atoms with E-state index >= 15 is 0 Å². The molecular formula is C63H109NO8. The predicted octanol–water partition coefficient (Wildman–Crippen LogP) is 14.8. The summed E-state index contributed by atoms with van der Waals surface area (Å²) in [6.45, 7) is 3.61. The zero-order valence-corrected chi connectivity index (χ0v) is 45.9. The van der Waals surface area contributed by atoms with Gasteiger partial charge in [0.15, 0.2) is 6.29 Å². The molecular weight excluding hydrogens is 899 g/mol. The maximum absolute atomic E-state index is 13.0. The minimum atomic E-state index is -1.57. The number of hydrogen-bond donors (Lipinski definition) is 6. The van der Waals surface area contributed by atoms with Crippen molar-refractivity contribution in [3.63, 3.8) is 0 Å². The minimum absolute atomic E-state index is 0.181. The first-order valence-corrected chi connectivity index (χ1v) is 29.5. The van der Waals surface area contributed by atoms with E-state index in [1.807, 2.05) is 6.08 Å². The number of aliphatic hydroxyl groups is 5. The van der Waals surface area contributed by atoms with Crippen LogP contribution in [0.1, 0.15) is 239 Å². The number of hydrogen-bond acceptors (Lipinski definition) is 8. The van der Waals surface area contributed by atoms with Gasteiger partial charge in [0, 0.05) is 6.42 Å². The van der Waals surface area contributed by atoms with E-state index < -0.39 is 49.5 Å². The van der Waals surface area contributed by atoms with Crippen LogP contribution in [0.2, 0.25) is 0 Å². The molecule has 1 aliphatic heterocycles. The molecule has 7 atom stereocenters. The van der Waals surface area contributed by atoms with Crippen molar-refractivity contribution in [3.8, 4) is 0 Å². The van der Waals surface area contributed by atoms with E-state index in [0.717, 1.165) is 83.5 Å². The predicted molar refractivity (Wildman–Crippen MR) is 304 cm³/mol. The lowest BCUT2D eigenvalue weighted by molar-refractivity contribution is -0.302. The molecule has 1 heterocycles. The Bertz CT molecular complexity index is 1450. The van der Waals surface area contributed by atoms with Crippen molar-refractivity contribution in [2.24, 2.45) is 0 Å². The molecule has 414 valence electrons. The fourth-order valence-electron chi connectivity index (χ4n) is 8.78. The van der Waals surface area contributed by atoms with Gasteiger partial charge in [-0.1, -0.05) is 252 Å². The van der Waals surface area contributed by atoms with Gasteiger partial charge in [-0.25, -0.2) is 0 Å². The third kappa shape index (κ3) is 40.5. The average Bonchev–Trinajstić information content (AvgIpc) is 3.38. The third-order valence-electron chi connectivity index (χ3n) is 13.4. The molecule has 72 heavy (non-hydrogen) atoms. The van der Waals surface area contributed by atoms with Crippen molar-refractivity contribution in [1.82, 2.24) is 5.32 Å². The third-order valence-corrected chi connectivity index (χ3v) is 13.4. The molecule has 1 saturated heterocycles. The Balaban J connectivity index is 2.01. The molecule has 0 spiro atoms. The first-order valence-electron chi connectivity index (χ1n) is 29.5. The van der Waals surface area contributed by atoms with Gasteiger partial charge < -0.3 is 40.3 Å². The molecule has 1 amide bonds. The molecule has 1 aliphatic rings. The van der Waals surface area contributed by atoms with Gasteiger partial charge in [0.05, 0.1) is 25.4 Å². The second-order valence-electron chi connectivity index (χ2n) is 20.1. The Labute approximate surface area is 441 Å². The van der Waals surface area contributed by atoms with Crippen LogP contribution in [0, 0.1) is 0 Å². The Kier molecular flexibility index (Phi) is 48.1. The molecule has 0 saturated carbocycles. The van der Waals surface area contributed by atoms with Crippen LogP contribution >= 0.6 is 0 Å². The highest BCUT2D eigenvalue weighted by atomic mass is 16.7. The number of unbranched alkanes of at least 4 members (excludes halogenated alkanes) is 25. The molecule has 0 aromatic carbocycles. The second kappa shape index (κ2) is 51.6. The van der Waals surface area contributed by atoms with Gasteiger partial charge in [0.2, 0.25) is 5.91 Å². The maximum atomic E-state index is 13.0. The highest BCUT2D eigenvalue weighted by Crippen LogP contribution is 2.23. The van der Waals surface area contributed by atoms with E-state index in [1.54, 1.807) is 6.08 Å². The second-order valence-corrected chi connectivity index (χ2v) is 20.1. The van der Waals surface area contributed by atoms with Crippen molar-refractivity contribution in [2.75, 3.05) is 13.2 Å². The smallest absolute Gasteiger partial charge is 0.220 e. The number of carbonyl (C=O) groups excluding carboxylic acids is 1. The number of allylic oxidation sites excluding steroid dienone is 15. The quantitative estimate of drug-likeness (QED) is 0.0261. The van der Waals surface area contributed by atoms with E-state index in [-0.39, 0.29) is 12.5 Å². The maximum Gasteiger partial charge on any atom is 0.220 e. The first-order chi connectivity index (χ1) is 35.3. The molecule has 0 bridgehead atoms. The number of rotatable bonds is 49. The number of amides is 1. The molecule has 1 rings (SSSR count). The summed E-state index contributed by atoms with van der Waals surface area (Å²) in [6.07, 6.45) is 68.1. The monoisotopic (exact) mass is 1010 g/mol. The molecule has 9 nitrogen and oxygen atoms in total. The van der Waals surface area contributed by atoms with Crippen LogP contribution in [0.15, 0.2) is 97.2 Å². The molecule has 7 unspecified atom stereocenters. The highest BCUT2D eigenvalue weighted by molar-refractivity contribution is 5.76. The van der Waals surface area contributed by atoms with Crippen molar-refractivity contribution < 1.29 is 39.8 Å². The van der Waals surface area contributed by atoms with Crippen LogP contribution in [-0.2, 0) is 14.3 Å². The number of carbonyl (C=O) groups is 1. The first kappa shape index (κ1) is 67.1. The Morgan fingerprint density at radius 2 is 0.861 bits per heavy atom. The molecule has 0 radical (unpaired) electrons. The van der Waals surface area contributed by atoms with Crippen LogP contribution in [0.3, 0.4) is 0 Å². The average molecular weight is 1010 g/mol. The number of ether oxygens (including phenoxy) is 2. The van der Waals surface area contributed by atoms with Crippen LogP contribution in [-0.4, -0.2) is 87.5 Å². The highest BCUT2D eigenvalue weighted by Gasteiger charge is 2.44. The van der Waals surface area contributed by atoms with E-state index in [0.29, 0.717) is 6.42 Å². The lowest BCUT2D eigenvalue weighted by Crippen LogP contribution is -2.60. The van der Waals surface area contributed by atoms with Crippen molar-refractivity contribution >= 4 is 5.91 Å². The van der Waals surface area contributed by atoms with Gasteiger partial charge in [-0.05, 0) is 77.0 Å². The van der Waals surface area contributed by atoms with E-state index in [9.17, 15) is 30.3 Å². The van der Waals surface area contributed by atoms with Gasteiger partial charge in [0.1, 0.15) is 24.4 Å². The number of aliphatic hydroxyl groups excluding tert-OH is 5. The Morgan fingerprint density at radius 1 is 0.486 bits per heavy atom. The molecule has 6 N–H and O–H groups in total. The summed E-state index contributed by atoms with van der Waals surface area (Å²) < 4.78 is 11.2. The fraction of sp³-hybridized carbons (Fsp3) is 0.730.